The molecule has 1 heterocycles. The fourth-order valence-electron chi connectivity index (χ4n) is 2.27. The van der Waals surface area contributed by atoms with E-state index in [4.69, 9.17) is 4.74 Å². The van der Waals surface area contributed by atoms with E-state index in [1.165, 1.54) is 19.0 Å². The second-order valence-corrected chi connectivity index (χ2v) is 4.84. The van der Waals surface area contributed by atoms with Crippen molar-refractivity contribution in [2.75, 3.05) is 11.9 Å². The van der Waals surface area contributed by atoms with Crippen LogP contribution in [-0.2, 0) is 9.53 Å². The van der Waals surface area contributed by atoms with E-state index in [1.807, 2.05) is 0 Å². The lowest BCUT2D eigenvalue weighted by Gasteiger charge is -2.26. The summed E-state index contributed by atoms with van der Waals surface area (Å²) >= 11 is 0. The van der Waals surface area contributed by atoms with Crippen molar-refractivity contribution in [1.82, 2.24) is 9.97 Å². The molecule has 0 aromatic carbocycles. The van der Waals surface area contributed by atoms with Gasteiger partial charge in [-0.2, -0.15) is 0 Å². The molecule has 5 nitrogen and oxygen atoms in total. The van der Waals surface area contributed by atoms with Crippen LogP contribution in [0.2, 0.25) is 0 Å². The topological polar surface area (TPSA) is 64.1 Å². The van der Waals surface area contributed by atoms with Gasteiger partial charge in [-0.1, -0.05) is 19.8 Å². The Morgan fingerprint density at radius 3 is 3.11 bits per heavy atom. The minimum Gasteiger partial charge on any atom is -0.368 e. The molecule has 2 atom stereocenters. The van der Waals surface area contributed by atoms with Gasteiger partial charge in [0, 0.05) is 12.4 Å². The normalized spacial score (nSPS) is 23.6. The van der Waals surface area contributed by atoms with E-state index in [0.29, 0.717) is 11.7 Å². The molecule has 1 saturated carbocycles. The molecule has 2 unspecified atom stereocenters. The molecule has 1 aromatic rings. The molecule has 98 valence electrons. The molecule has 0 aliphatic heterocycles. The van der Waals surface area contributed by atoms with Gasteiger partial charge < -0.3 is 10.1 Å². The van der Waals surface area contributed by atoms with E-state index in [-0.39, 0.29) is 18.6 Å². The number of aromatic nitrogens is 2. The van der Waals surface area contributed by atoms with Crippen LogP contribution in [0.15, 0.2) is 18.6 Å². The summed E-state index contributed by atoms with van der Waals surface area (Å²) in [6.07, 6.45) is 9.42. The second kappa shape index (κ2) is 6.44. The molecular formula is C13H19N3O2. The highest BCUT2D eigenvalue weighted by atomic mass is 16.5. The molecule has 0 spiro atoms. The summed E-state index contributed by atoms with van der Waals surface area (Å²) in [5.74, 6) is 0.989. The Morgan fingerprint density at radius 2 is 2.39 bits per heavy atom. The molecule has 1 aliphatic rings. The highest BCUT2D eigenvalue weighted by Gasteiger charge is 2.20. The molecule has 1 N–H and O–H groups in total. The zero-order valence-corrected chi connectivity index (χ0v) is 10.6. The quantitative estimate of drug-likeness (QED) is 0.886. The van der Waals surface area contributed by atoms with Crippen LogP contribution in [0, 0.1) is 5.92 Å². The first kappa shape index (κ1) is 13.0. The van der Waals surface area contributed by atoms with Gasteiger partial charge in [-0.15, -0.1) is 0 Å². The van der Waals surface area contributed by atoms with Crippen molar-refractivity contribution in [2.45, 2.75) is 38.7 Å². The monoisotopic (exact) mass is 249 g/mol. The SMILES string of the molecule is CC1CCCC(OCC(=O)Nc2cnccn2)C1. The van der Waals surface area contributed by atoms with Gasteiger partial charge in [0.15, 0.2) is 5.82 Å². The molecule has 18 heavy (non-hydrogen) atoms. The molecule has 5 heteroatoms. The van der Waals surface area contributed by atoms with E-state index in [0.717, 1.165) is 12.8 Å². The van der Waals surface area contributed by atoms with Gasteiger partial charge in [0.05, 0.1) is 12.3 Å². The van der Waals surface area contributed by atoms with Crippen LogP contribution in [-0.4, -0.2) is 28.6 Å². The van der Waals surface area contributed by atoms with Crippen molar-refractivity contribution >= 4 is 11.7 Å². The van der Waals surface area contributed by atoms with Crippen molar-refractivity contribution in [3.63, 3.8) is 0 Å². The van der Waals surface area contributed by atoms with Gasteiger partial charge in [-0.25, -0.2) is 4.98 Å². The molecule has 1 aromatic heterocycles. The van der Waals surface area contributed by atoms with Crippen LogP contribution in [0.5, 0.6) is 0 Å². The average molecular weight is 249 g/mol. The maximum Gasteiger partial charge on any atom is 0.251 e. The molecule has 0 bridgehead atoms. The highest BCUT2D eigenvalue weighted by molar-refractivity contribution is 5.90. The zero-order chi connectivity index (χ0) is 12.8. The van der Waals surface area contributed by atoms with Crippen molar-refractivity contribution in [3.05, 3.63) is 18.6 Å². The molecule has 1 fully saturated rings. The number of anilines is 1. The molecule has 1 aliphatic carbocycles. The predicted molar refractivity (Wildman–Crippen MR) is 68.0 cm³/mol. The van der Waals surface area contributed by atoms with Gasteiger partial charge in [-0.3, -0.25) is 9.78 Å². The van der Waals surface area contributed by atoms with E-state index >= 15 is 0 Å². The number of rotatable bonds is 4. The van der Waals surface area contributed by atoms with Crippen molar-refractivity contribution in [3.8, 4) is 0 Å². The van der Waals surface area contributed by atoms with E-state index < -0.39 is 0 Å². The van der Waals surface area contributed by atoms with E-state index in [9.17, 15) is 4.79 Å². The Kier molecular flexibility index (Phi) is 4.64. The largest absolute Gasteiger partial charge is 0.368 e. The number of hydrogen-bond acceptors (Lipinski definition) is 4. The number of carbonyl (C=O) groups is 1. The first-order chi connectivity index (χ1) is 8.74. The summed E-state index contributed by atoms with van der Waals surface area (Å²) in [6, 6.07) is 0. The third-order valence-corrected chi connectivity index (χ3v) is 3.17. The summed E-state index contributed by atoms with van der Waals surface area (Å²) in [6.45, 7) is 2.32. The number of ether oxygens (including phenoxy) is 1. The van der Waals surface area contributed by atoms with Crippen LogP contribution in [0.25, 0.3) is 0 Å². The number of carbonyl (C=O) groups excluding carboxylic acids is 1. The number of nitrogens with zero attached hydrogens (tertiary/aromatic N) is 2. The van der Waals surface area contributed by atoms with Crippen LogP contribution < -0.4 is 5.32 Å². The minimum absolute atomic E-state index is 0.0912. The molecule has 0 saturated heterocycles. The number of hydrogen-bond donors (Lipinski definition) is 1. The van der Waals surface area contributed by atoms with Gasteiger partial charge in [0.1, 0.15) is 6.61 Å². The van der Waals surface area contributed by atoms with Crippen molar-refractivity contribution in [1.29, 1.82) is 0 Å². The lowest BCUT2D eigenvalue weighted by atomic mass is 9.89. The number of amides is 1. The van der Waals surface area contributed by atoms with Gasteiger partial charge in [0.25, 0.3) is 5.91 Å². The Morgan fingerprint density at radius 1 is 1.50 bits per heavy atom. The molecule has 1 amide bonds. The third-order valence-electron chi connectivity index (χ3n) is 3.17. The standard InChI is InChI=1S/C13H19N3O2/c1-10-3-2-4-11(7-10)18-9-13(17)16-12-8-14-5-6-15-12/h5-6,8,10-11H,2-4,7,9H2,1H3,(H,15,16,17). The molecule has 2 rings (SSSR count). The fraction of sp³-hybridized carbons (Fsp3) is 0.615. The van der Waals surface area contributed by atoms with Crippen LogP contribution in [0.3, 0.4) is 0 Å². The van der Waals surface area contributed by atoms with Gasteiger partial charge in [0.2, 0.25) is 0 Å². The smallest absolute Gasteiger partial charge is 0.251 e. The van der Waals surface area contributed by atoms with Crippen molar-refractivity contribution < 1.29 is 9.53 Å². The number of nitrogens with one attached hydrogen (secondary N) is 1. The lowest BCUT2D eigenvalue weighted by Crippen LogP contribution is -2.27. The van der Waals surface area contributed by atoms with Gasteiger partial charge in [-0.05, 0) is 18.8 Å². The maximum atomic E-state index is 11.6. The van der Waals surface area contributed by atoms with Crippen LogP contribution in [0.4, 0.5) is 5.82 Å². The first-order valence-electron chi connectivity index (χ1n) is 6.41. The maximum absolute atomic E-state index is 11.6. The Bertz CT molecular complexity index is 383. The Labute approximate surface area is 107 Å². The van der Waals surface area contributed by atoms with E-state index in [1.54, 1.807) is 12.4 Å². The highest BCUT2D eigenvalue weighted by Crippen LogP contribution is 2.25. The summed E-state index contributed by atoms with van der Waals surface area (Å²) < 4.78 is 5.63. The molecular weight excluding hydrogens is 230 g/mol. The summed E-state index contributed by atoms with van der Waals surface area (Å²) in [7, 11) is 0. The van der Waals surface area contributed by atoms with Crippen LogP contribution >= 0.6 is 0 Å². The minimum atomic E-state index is -0.172. The fourth-order valence-corrected chi connectivity index (χ4v) is 2.27. The lowest BCUT2D eigenvalue weighted by molar-refractivity contribution is -0.123. The first-order valence-corrected chi connectivity index (χ1v) is 6.41. The van der Waals surface area contributed by atoms with Crippen LogP contribution in [0.1, 0.15) is 32.6 Å². The second-order valence-electron chi connectivity index (χ2n) is 4.84. The predicted octanol–water partition coefficient (Wildman–Crippen LogP) is 2.01. The average Bonchev–Trinajstić information content (AvgIpc) is 2.38. The zero-order valence-electron chi connectivity index (χ0n) is 10.6. The third kappa shape index (κ3) is 4.07. The summed E-state index contributed by atoms with van der Waals surface area (Å²) in [5, 5.41) is 2.66. The summed E-state index contributed by atoms with van der Waals surface area (Å²) in [4.78, 5) is 19.5. The Hall–Kier alpha value is -1.49. The summed E-state index contributed by atoms with van der Waals surface area (Å²) in [5.41, 5.74) is 0. The van der Waals surface area contributed by atoms with E-state index in [2.05, 4.69) is 22.2 Å². The van der Waals surface area contributed by atoms with Gasteiger partial charge >= 0.3 is 0 Å². The van der Waals surface area contributed by atoms with Crippen molar-refractivity contribution in [2.24, 2.45) is 5.92 Å². The molecule has 0 radical (unpaired) electrons. The Balaban J connectivity index is 1.71.